The van der Waals surface area contributed by atoms with Crippen molar-refractivity contribution in [2.45, 2.75) is 39.8 Å². The number of aromatic nitrogens is 2. The van der Waals surface area contributed by atoms with Crippen LogP contribution in [-0.2, 0) is 13.1 Å². The van der Waals surface area contributed by atoms with E-state index in [9.17, 15) is 0 Å². The molecule has 0 bridgehead atoms. The molecule has 0 spiro atoms. The molecule has 1 heterocycles. The minimum atomic E-state index is 0.927. The van der Waals surface area contributed by atoms with Crippen LogP contribution in [0.5, 0.6) is 0 Å². The van der Waals surface area contributed by atoms with E-state index in [-0.39, 0.29) is 0 Å². The summed E-state index contributed by atoms with van der Waals surface area (Å²) in [5.74, 6) is 1.87. The second-order valence-corrected chi connectivity index (χ2v) is 4.72. The lowest BCUT2D eigenvalue weighted by molar-refractivity contribution is 0.597. The fraction of sp³-hybridized carbons (Fsp3) is 0.750. The number of rotatable bonds is 6. The van der Waals surface area contributed by atoms with Crippen molar-refractivity contribution in [3.05, 3.63) is 18.0 Å². The van der Waals surface area contributed by atoms with Crippen molar-refractivity contribution in [1.29, 1.82) is 0 Å². The maximum atomic E-state index is 4.31. The first-order valence-corrected chi connectivity index (χ1v) is 6.01. The Bertz CT molecular complexity index is 306. The third-order valence-corrected chi connectivity index (χ3v) is 3.15. The largest absolute Gasteiger partial charge is 0.312 e. The Hall–Kier alpha value is -0.830. The molecule has 1 saturated carbocycles. The summed E-state index contributed by atoms with van der Waals surface area (Å²) in [6.45, 7) is 7.66. The second-order valence-electron chi connectivity index (χ2n) is 4.72. The molecule has 0 amide bonds. The zero-order valence-electron chi connectivity index (χ0n) is 9.74. The maximum absolute atomic E-state index is 4.31. The van der Waals surface area contributed by atoms with E-state index in [1.165, 1.54) is 18.5 Å². The van der Waals surface area contributed by atoms with Gasteiger partial charge in [-0.25, -0.2) is 0 Å². The molecule has 1 aromatic heterocycles. The van der Waals surface area contributed by atoms with Crippen LogP contribution in [0.15, 0.2) is 12.4 Å². The van der Waals surface area contributed by atoms with Gasteiger partial charge in [0.15, 0.2) is 0 Å². The molecule has 1 fully saturated rings. The number of hydrogen-bond donors (Lipinski definition) is 1. The summed E-state index contributed by atoms with van der Waals surface area (Å²) >= 11 is 0. The van der Waals surface area contributed by atoms with Gasteiger partial charge in [-0.05, 0) is 31.2 Å². The highest BCUT2D eigenvalue weighted by Gasteiger charge is 2.31. The monoisotopic (exact) mass is 207 g/mol. The van der Waals surface area contributed by atoms with Gasteiger partial charge in [0.05, 0.1) is 6.20 Å². The minimum Gasteiger partial charge on any atom is -0.312 e. The predicted octanol–water partition coefficient (Wildman–Crippen LogP) is 2.04. The maximum Gasteiger partial charge on any atom is 0.0534 e. The van der Waals surface area contributed by atoms with Crippen molar-refractivity contribution in [1.82, 2.24) is 15.1 Å². The van der Waals surface area contributed by atoms with E-state index in [0.29, 0.717) is 0 Å². The fourth-order valence-electron chi connectivity index (χ4n) is 1.93. The molecule has 2 unspecified atom stereocenters. The second kappa shape index (κ2) is 4.79. The van der Waals surface area contributed by atoms with E-state index < -0.39 is 0 Å². The summed E-state index contributed by atoms with van der Waals surface area (Å²) in [6, 6.07) is 0. The Balaban J connectivity index is 1.68. The van der Waals surface area contributed by atoms with Gasteiger partial charge in [0.2, 0.25) is 0 Å². The molecule has 1 aliphatic carbocycles. The van der Waals surface area contributed by atoms with Crippen LogP contribution in [0.2, 0.25) is 0 Å². The van der Waals surface area contributed by atoms with E-state index >= 15 is 0 Å². The Labute approximate surface area is 91.9 Å². The zero-order valence-corrected chi connectivity index (χ0v) is 9.74. The van der Waals surface area contributed by atoms with E-state index in [4.69, 9.17) is 0 Å². The third kappa shape index (κ3) is 3.06. The molecule has 0 saturated heterocycles. The van der Waals surface area contributed by atoms with Gasteiger partial charge >= 0.3 is 0 Å². The lowest BCUT2D eigenvalue weighted by atomic mass is 10.3. The summed E-state index contributed by atoms with van der Waals surface area (Å²) in [7, 11) is 0. The lowest BCUT2D eigenvalue weighted by Gasteiger charge is -2.00. The van der Waals surface area contributed by atoms with E-state index in [1.807, 2.05) is 10.9 Å². The van der Waals surface area contributed by atoms with Crippen molar-refractivity contribution in [2.24, 2.45) is 11.8 Å². The molecule has 15 heavy (non-hydrogen) atoms. The normalized spacial score (nSPS) is 24.4. The van der Waals surface area contributed by atoms with Gasteiger partial charge in [-0.1, -0.05) is 13.8 Å². The minimum absolute atomic E-state index is 0.927. The van der Waals surface area contributed by atoms with Gasteiger partial charge in [-0.2, -0.15) is 5.10 Å². The lowest BCUT2D eigenvalue weighted by Crippen LogP contribution is -2.16. The van der Waals surface area contributed by atoms with Crippen molar-refractivity contribution in [3.8, 4) is 0 Å². The smallest absolute Gasteiger partial charge is 0.0534 e. The summed E-state index contributed by atoms with van der Waals surface area (Å²) in [5.41, 5.74) is 1.30. The Morgan fingerprint density at radius 3 is 3.07 bits per heavy atom. The highest BCUT2D eigenvalue weighted by molar-refractivity contribution is 5.03. The summed E-state index contributed by atoms with van der Waals surface area (Å²) < 4.78 is 2.02. The molecule has 0 aromatic carbocycles. The standard InChI is InChI=1S/C12H21N3/c1-3-4-15-9-11(7-14-15)6-13-8-12-5-10(12)2/h7,9-10,12-13H,3-6,8H2,1-2H3. The van der Waals surface area contributed by atoms with Crippen LogP contribution >= 0.6 is 0 Å². The topological polar surface area (TPSA) is 29.9 Å². The molecule has 0 radical (unpaired) electrons. The average molecular weight is 207 g/mol. The molecule has 1 N–H and O–H groups in total. The van der Waals surface area contributed by atoms with Crippen LogP contribution in [0.4, 0.5) is 0 Å². The highest BCUT2D eigenvalue weighted by Crippen LogP contribution is 2.36. The summed E-state index contributed by atoms with van der Waals surface area (Å²) in [4.78, 5) is 0. The molecular formula is C12H21N3. The Morgan fingerprint density at radius 2 is 2.40 bits per heavy atom. The van der Waals surface area contributed by atoms with Gasteiger partial charge in [-0.3, -0.25) is 4.68 Å². The van der Waals surface area contributed by atoms with Crippen molar-refractivity contribution < 1.29 is 0 Å². The average Bonchev–Trinajstić information content (AvgIpc) is 2.74. The zero-order chi connectivity index (χ0) is 10.7. The van der Waals surface area contributed by atoms with E-state index in [0.717, 1.165) is 31.3 Å². The molecule has 2 rings (SSSR count). The van der Waals surface area contributed by atoms with Gasteiger partial charge in [0.25, 0.3) is 0 Å². The van der Waals surface area contributed by atoms with E-state index in [2.05, 4.69) is 30.5 Å². The molecule has 0 aliphatic heterocycles. The first-order valence-electron chi connectivity index (χ1n) is 6.01. The van der Waals surface area contributed by atoms with Gasteiger partial charge in [0.1, 0.15) is 0 Å². The van der Waals surface area contributed by atoms with Crippen molar-refractivity contribution >= 4 is 0 Å². The Morgan fingerprint density at radius 1 is 1.60 bits per heavy atom. The molecule has 1 aromatic rings. The highest BCUT2D eigenvalue weighted by atomic mass is 15.3. The van der Waals surface area contributed by atoms with Crippen LogP contribution < -0.4 is 5.32 Å². The number of nitrogens with one attached hydrogen (secondary N) is 1. The van der Waals surface area contributed by atoms with Crippen molar-refractivity contribution in [3.63, 3.8) is 0 Å². The quantitative estimate of drug-likeness (QED) is 0.773. The predicted molar refractivity (Wildman–Crippen MR) is 61.5 cm³/mol. The van der Waals surface area contributed by atoms with Gasteiger partial charge in [-0.15, -0.1) is 0 Å². The van der Waals surface area contributed by atoms with Crippen LogP contribution in [-0.4, -0.2) is 16.3 Å². The van der Waals surface area contributed by atoms with Crippen molar-refractivity contribution in [2.75, 3.05) is 6.54 Å². The SMILES string of the molecule is CCCn1cc(CNCC2CC2C)cn1. The van der Waals surface area contributed by atoms with Crippen LogP contribution in [0, 0.1) is 11.8 Å². The molecule has 3 heteroatoms. The van der Waals surface area contributed by atoms with Crippen LogP contribution in [0.3, 0.4) is 0 Å². The molecule has 84 valence electrons. The first-order chi connectivity index (χ1) is 7.29. The van der Waals surface area contributed by atoms with Crippen LogP contribution in [0.25, 0.3) is 0 Å². The number of hydrogen-bond acceptors (Lipinski definition) is 2. The molecular weight excluding hydrogens is 186 g/mol. The van der Waals surface area contributed by atoms with Gasteiger partial charge < -0.3 is 5.32 Å². The first kappa shape index (κ1) is 10.7. The fourth-order valence-corrected chi connectivity index (χ4v) is 1.93. The molecule has 3 nitrogen and oxygen atoms in total. The summed E-state index contributed by atoms with van der Waals surface area (Å²) in [5, 5.41) is 7.81. The number of aryl methyl sites for hydroxylation is 1. The van der Waals surface area contributed by atoms with Crippen LogP contribution in [0.1, 0.15) is 32.3 Å². The Kier molecular flexibility index (Phi) is 3.41. The molecule has 1 aliphatic rings. The third-order valence-electron chi connectivity index (χ3n) is 3.15. The van der Waals surface area contributed by atoms with Gasteiger partial charge in [0, 0.05) is 24.8 Å². The van der Waals surface area contributed by atoms with E-state index in [1.54, 1.807) is 0 Å². The number of nitrogens with zero attached hydrogens (tertiary/aromatic N) is 2. The molecule has 2 atom stereocenters. The summed E-state index contributed by atoms with van der Waals surface area (Å²) in [6.07, 6.45) is 6.67.